The molecule has 1 aromatic heterocycles. The van der Waals surface area contributed by atoms with Gasteiger partial charge >= 0.3 is 5.97 Å². The van der Waals surface area contributed by atoms with Gasteiger partial charge in [-0.3, -0.25) is 0 Å². The third-order valence-corrected chi connectivity index (χ3v) is 4.46. The number of benzene rings is 1. The van der Waals surface area contributed by atoms with Crippen molar-refractivity contribution in [1.82, 2.24) is 0 Å². The molecule has 112 valence electrons. The summed E-state index contributed by atoms with van der Waals surface area (Å²) >= 11 is 4.80. The standard InChI is InChI=1S/C15H15BrO4S/c1-9-4-5-14(21-9)15(17)20-8-10-6-13(19-3)11(16)7-12(10)18-2/h4-7H,8H2,1-3H3. The highest BCUT2D eigenvalue weighted by Crippen LogP contribution is 2.33. The highest BCUT2D eigenvalue weighted by Gasteiger charge is 2.14. The van der Waals surface area contributed by atoms with E-state index in [0.717, 1.165) is 14.9 Å². The molecule has 0 saturated heterocycles. The number of methoxy groups -OCH3 is 2. The second kappa shape index (κ2) is 6.95. The molecule has 0 aliphatic heterocycles. The van der Waals surface area contributed by atoms with Gasteiger partial charge in [0.05, 0.1) is 18.7 Å². The zero-order valence-corrected chi connectivity index (χ0v) is 14.3. The van der Waals surface area contributed by atoms with Gasteiger partial charge in [-0.15, -0.1) is 11.3 Å². The summed E-state index contributed by atoms with van der Waals surface area (Å²) in [6.45, 7) is 2.08. The molecule has 0 unspecified atom stereocenters. The summed E-state index contributed by atoms with van der Waals surface area (Å²) in [6.07, 6.45) is 0. The summed E-state index contributed by atoms with van der Waals surface area (Å²) < 4.78 is 16.6. The zero-order chi connectivity index (χ0) is 15.4. The molecule has 0 radical (unpaired) electrons. The van der Waals surface area contributed by atoms with E-state index in [2.05, 4.69) is 15.9 Å². The van der Waals surface area contributed by atoms with Gasteiger partial charge in [-0.25, -0.2) is 4.79 Å². The van der Waals surface area contributed by atoms with Gasteiger partial charge < -0.3 is 14.2 Å². The van der Waals surface area contributed by atoms with Crippen LogP contribution in [0.15, 0.2) is 28.7 Å². The average Bonchev–Trinajstić information content (AvgIpc) is 2.91. The highest BCUT2D eigenvalue weighted by atomic mass is 79.9. The fourth-order valence-corrected chi connectivity index (χ4v) is 3.04. The van der Waals surface area contributed by atoms with Crippen LogP contribution in [0.3, 0.4) is 0 Å². The molecule has 2 aromatic rings. The fourth-order valence-electron chi connectivity index (χ4n) is 1.80. The second-order valence-corrected chi connectivity index (χ2v) is 6.43. The van der Waals surface area contributed by atoms with Crippen LogP contribution in [0.25, 0.3) is 0 Å². The summed E-state index contributed by atoms with van der Waals surface area (Å²) in [4.78, 5) is 13.6. The van der Waals surface area contributed by atoms with Crippen LogP contribution in [0.2, 0.25) is 0 Å². The van der Waals surface area contributed by atoms with Crippen LogP contribution in [-0.2, 0) is 11.3 Å². The molecule has 1 heterocycles. The van der Waals surface area contributed by atoms with Crippen LogP contribution in [0.1, 0.15) is 20.1 Å². The first kappa shape index (κ1) is 15.9. The van der Waals surface area contributed by atoms with Crippen LogP contribution in [0, 0.1) is 6.92 Å². The molecule has 0 fully saturated rings. The number of carbonyl (C=O) groups is 1. The first-order valence-electron chi connectivity index (χ1n) is 6.19. The first-order chi connectivity index (χ1) is 10.0. The highest BCUT2D eigenvalue weighted by molar-refractivity contribution is 9.10. The Morgan fingerprint density at radius 3 is 2.48 bits per heavy atom. The van der Waals surface area contributed by atoms with Gasteiger partial charge in [0.25, 0.3) is 0 Å². The molecule has 0 saturated carbocycles. The van der Waals surface area contributed by atoms with Crippen molar-refractivity contribution in [3.05, 3.63) is 44.1 Å². The molecule has 0 aliphatic rings. The van der Waals surface area contributed by atoms with E-state index in [4.69, 9.17) is 14.2 Å². The number of carbonyl (C=O) groups excluding carboxylic acids is 1. The normalized spacial score (nSPS) is 10.3. The monoisotopic (exact) mass is 370 g/mol. The molecular weight excluding hydrogens is 356 g/mol. The van der Waals surface area contributed by atoms with Crippen molar-refractivity contribution in [3.63, 3.8) is 0 Å². The molecule has 21 heavy (non-hydrogen) atoms. The van der Waals surface area contributed by atoms with Crippen LogP contribution in [-0.4, -0.2) is 20.2 Å². The van der Waals surface area contributed by atoms with E-state index in [-0.39, 0.29) is 12.6 Å². The van der Waals surface area contributed by atoms with Gasteiger partial charge in [0.15, 0.2) is 0 Å². The predicted octanol–water partition coefficient (Wildman–Crippen LogP) is 4.19. The molecule has 2 rings (SSSR count). The molecular formula is C15H15BrO4S. The number of hydrogen-bond acceptors (Lipinski definition) is 5. The van der Waals surface area contributed by atoms with Crippen molar-refractivity contribution in [2.45, 2.75) is 13.5 Å². The number of ether oxygens (including phenoxy) is 3. The van der Waals surface area contributed by atoms with Crippen LogP contribution in [0.4, 0.5) is 0 Å². The number of aryl methyl sites for hydroxylation is 1. The second-order valence-electron chi connectivity index (χ2n) is 4.29. The van der Waals surface area contributed by atoms with E-state index in [9.17, 15) is 4.79 Å². The van der Waals surface area contributed by atoms with Crippen molar-refractivity contribution in [2.24, 2.45) is 0 Å². The zero-order valence-electron chi connectivity index (χ0n) is 11.9. The van der Waals surface area contributed by atoms with Gasteiger partial charge in [-0.1, -0.05) is 0 Å². The Hall–Kier alpha value is -1.53. The SMILES string of the molecule is COc1cc(COC(=O)c2ccc(C)s2)c(OC)cc1Br. The number of hydrogen-bond donors (Lipinski definition) is 0. The minimum absolute atomic E-state index is 0.128. The van der Waals surface area contributed by atoms with Gasteiger partial charge in [0.2, 0.25) is 0 Å². The van der Waals surface area contributed by atoms with E-state index in [0.29, 0.717) is 16.4 Å². The summed E-state index contributed by atoms with van der Waals surface area (Å²) in [5.41, 5.74) is 0.749. The smallest absolute Gasteiger partial charge is 0.348 e. The minimum atomic E-state index is -0.336. The van der Waals surface area contributed by atoms with Crippen LogP contribution >= 0.6 is 27.3 Å². The third-order valence-electron chi connectivity index (χ3n) is 2.86. The van der Waals surface area contributed by atoms with Crippen LogP contribution < -0.4 is 9.47 Å². The third kappa shape index (κ3) is 3.77. The van der Waals surface area contributed by atoms with Gasteiger partial charge in [-0.05, 0) is 47.1 Å². The van der Waals surface area contributed by atoms with Crippen molar-refractivity contribution in [3.8, 4) is 11.5 Å². The van der Waals surface area contributed by atoms with E-state index < -0.39 is 0 Å². The molecule has 0 spiro atoms. The summed E-state index contributed by atoms with van der Waals surface area (Å²) in [7, 11) is 3.15. The van der Waals surface area contributed by atoms with Gasteiger partial charge in [0, 0.05) is 10.4 Å². The van der Waals surface area contributed by atoms with Gasteiger partial charge in [0.1, 0.15) is 23.0 Å². The Morgan fingerprint density at radius 2 is 1.90 bits per heavy atom. The van der Waals surface area contributed by atoms with E-state index in [1.807, 2.05) is 13.0 Å². The Labute approximate surface area is 135 Å². The van der Waals surface area contributed by atoms with Crippen molar-refractivity contribution in [2.75, 3.05) is 14.2 Å². The number of rotatable bonds is 5. The molecule has 0 N–H and O–H groups in total. The molecule has 0 atom stereocenters. The lowest BCUT2D eigenvalue weighted by Crippen LogP contribution is -2.04. The predicted molar refractivity (Wildman–Crippen MR) is 85.4 cm³/mol. The largest absolute Gasteiger partial charge is 0.496 e. The summed E-state index contributed by atoms with van der Waals surface area (Å²) in [5, 5.41) is 0. The molecule has 1 aromatic carbocycles. The van der Waals surface area contributed by atoms with Crippen LogP contribution in [0.5, 0.6) is 11.5 Å². The summed E-state index contributed by atoms with van der Waals surface area (Å²) in [6, 6.07) is 7.24. The molecule has 0 bridgehead atoms. The number of thiophene rings is 1. The minimum Gasteiger partial charge on any atom is -0.496 e. The summed E-state index contributed by atoms with van der Waals surface area (Å²) in [5.74, 6) is 0.962. The Kier molecular flexibility index (Phi) is 5.25. The number of esters is 1. The van der Waals surface area contributed by atoms with Crippen molar-refractivity contribution < 1.29 is 19.0 Å². The van der Waals surface area contributed by atoms with E-state index in [1.165, 1.54) is 11.3 Å². The molecule has 6 heteroatoms. The topological polar surface area (TPSA) is 44.8 Å². The van der Waals surface area contributed by atoms with Crippen molar-refractivity contribution in [1.29, 1.82) is 0 Å². The molecule has 4 nitrogen and oxygen atoms in total. The fraction of sp³-hybridized carbons (Fsp3) is 0.267. The van der Waals surface area contributed by atoms with E-state index in [1.54, 1.807) is 32.4 Å². The lowest BCUT2D eigenvalue weighted by atomic mass is 10.2. The number of halogens is 1. The quantitative estimate of drug-likeness (QED) is 0.740. The Bertz CT molecular complexity index is 651. The lowest BCUT2D eigenvalue weighted by Gasteiger charge is -2.12. The molecule has 0 amide bonds. The Balaban J connectivity index is 2.13. The lowest BCUT2D eigenvalue weighted by molar-refractivity contribution is 0.0475. The average molecular weight is 371 g/mol. The Morgan fingerprint density at radius 1 is 1.19 bits per heavy atom. The van der Waals surface area contributed by atoms with Gasteiger partial charge in [-0.2, -0.15) is 0 Å². The van der Waals surface area contributed by atoms with E-state index >= 15 is 0 Å². The molecule has 0 aliphatic carbocycles. The maximum atomic E-state index is 12.0. The maximum Gasteiger partial charge on any atom is 0.348 e. The maximum absolute atomic E-state index is 12.0. The first-order valence-corrected chi connectivity index (χ1v) is 7.80. The van der Waals surface area contributed by atoms with Crippen molar-refractivity contribution >= 4 is 33.2 Å².